The van der Waals surface area contributed by atoms with Crippen molar-refractivity contribution in [3.63, 3.8) is 0 Å². The Morgan fingerprint density at radius 1 is 0.706 bits per heavy atom. The van der Waals surface area contributed by atoms with Crippen LogP contribution in [0.15, 0.2) is 76.7 Å². The first kappa shape index (κ1) is 23.5. The zero-order valence-electron chi connectivity index (χ0n) is 18.4. The molecule has 1 fully saturated rings. The van der Waals surface area contributed by atoms with Crippen LogP contribution in [0.5, 0.6) is 0 Å². The lowest BCUT2D eigenvalue weighted by Gasteiger charge is -2.23. The third-order valence-corrected chi connectivity index (χ3v) is 5.46. The normalized spacial score (nSPS) is 15.2. The maximum Gasteiger partial charge on any atom is 0.227 e. The molecule has 0 spiro atoms. The van der Waals surface area contributed by atoms with Crippen molar-refractivity contribution < 1.29 is 17.6 Å². The maximum absolute atomic E-state index is 14.8. The second kappa shape index (κ2) is 11.0. The van der Waals surface area contributed by atoms with E-state index >= 15 is 0 Å². The molecular formula is C26H24F4N4. The molecule has 0 unspecified atom stereocenters. The van der Waals surface area contributed by atoms with Crippen molar-refractivity contribution in [1.82, 2.24) is 4.90 Å². The van der Waals surface area contributed by atoms with Gasteiger partial charge in [-0.25, -0.2) is 22.6 Å². The number of likely N-dealkylation sites (tertiary alicyclic amines) is 1. The van der Waals surface area contributed by atoms with Crippen molar-refractivity contribution >= 4 is 23.2 Å². The molecule has 176 valence electrons. The summed E-state index contributed by atoms with van der Waals surface area (Å²) < 4.78 is 56.4. The minimum Gasteiger partial charge on any atom is -0.341 e. The lowest BCUT2D eigenvalue weighted by Crippen LogP contribution is -2.32. The summed E-state index contributed by atoms with van der Waals surface area (Å²) in [5.74, 6) is -2.29. The molecule has 0 atom stereocenters. The van der Waals surface area contributed by atoms with Gasteiger partial charge in [0.1, 0.15) is 29.1 Å². The van der Waals surface area contributed by atoms with Crippen molar-refractivity contribution in [3.8, 4) is 0 Å². The summed E-state index contributed by atoms with van der Waals surface area (Å²) in [7, 11) is 0. The fraction of sp³-hybridized carbons (Fsp3) is 0.231. The molecule has 34 heavy (non-hydrogen) atoms. The van der Waals surface area contributed by atoms with Crippen LogP contribution in [0.2, 0.25) is 0 Å². The molecule has 4 nitrogen and oxygen atoms in total. The van der Waals surface area contributed by atoms with E-state index in [2.05, 4.69) is 15.3 Å². The summed E-state index contributed by atoms with van der Waals surface area (Å²) >= 11 is 0. The van der Waals surface area contributed by atoms with Crippen molar-refractivity contribution in [2.45, 2.75) is 25.7 Å². The van der Waals surface area contributed by atoms with Gasteiger partial charge in [0.2, 0.25) is 5.96 Å². The van der Waals surface area contributed by atoms with E-state index in [4.69, 9.17) is 0 Å². The molecule has 0 bridgehead atoms. The van der Waals surface area contributed by atoms with Crippen LogP contribution < -0.4 is 5.32 Å². The van der Waals surface area contributed by atoms with E-state index in [1.807, 2.05) is 4.90 Å². The van der Waals surface area contributed by atoms with Gasteiger partial charge < -0.3 is 10.2 Å². The first-order chi connectivity index (χ1) is 16.5. The molecule has 8 heteroatoms. The summed E-state index contributed by atoms with van der Waals surface area (Å²) in [5.41, 5.74) is 0.507. The van der Waals surface area contributed by atoms with E-state index in [1.165, 1.54) is 54.6 Å². The fourth-order valence-electron chi connectivity index (χ4n) is 3.71. The third-order valence-electron chi connectivity index (χ3n) is 5.46. The number of rotatable bonds is 3. The Labute approximate surface area is 195 Å². The van der Waals surface area contributed by atoms with Gasteiger partial charge in [-0.05, 0) is 73.5 Å². The molecule has 1 saturated heterocycles. The number of amidine groups is 1. The number of hydrogen-bond donors (Lipinski definition) is 1. The fourth-order valence-corrected chi connectivity index (χ4v) is 3.71. The molecule has 0 amide bonds. The molecule has 1 aliphatic heterocycles. The van der Waals surface area contributed by atoms with Crippen LogP contribution in [0, 0.1) is 23.3 Å². The first-order valence-electron chi connectivity index (χ1n) is 11.1. The molecule has 1 aliphatic rings. The standard InChI is InChI=1S/C26H24F4N4/c27-18-8-12-20(13-9-18)31-25(24-22(29)6-5-7-23(24)30)33-26(34-16-3-1-2-4-17-34)32-21-14-10-19(28)11-15-21/h5-15H,1-4,16-17H2,(H,31,32,33). The van der Waals surface area contributed by atoms with E-state index in [0.29, 0.717) is 24.5 Å². The molecule has 0 radical (unpaired) electrons. The molecule has 0 aliphatic carbocycles. The highest BCUT2D eigenvalue weighted by molar-refractivity contribution is 6.13. The van der Waals surface area contributed by atoms with Gasteiger partial charge in [0.15, 0.2) is 0 Å². The minimum atomic E-state index is -0.801. The lowest BCUT2D eigenvalue weighted by molar-refractivity contribution is 0.431. The number of benzene rings is 3. The number of guanidine groups is 1. The van der Waals surface area contributed by atoms with E-state index in [-0.39, 0.29) is 17.4 Å². The van der Waals surface area contributed by atoms with Gasteiger partial charge in [0.25, 0.3) is 0 Å². The smallest absolute Gasteiger partial charge is 0.227 e. The number of aliphatic imine (C=N–C) groups is 2. The maximum atomic E-state index is 14.8. The SMILES string of the molecule is Fc1ccc(N=C(N=C(Nc2ccc(F)cc2)c2c(F)cccc2F)N2CCCCCC2)cc1. The molecular weight excluding hydrogens is 444 g/mol. The van der Waals surface area contributed by atoms with Crippen LogP contribution in [0.1, 0.15) is 31.2 Å². The molecule has 3 aromatic rings. The van der Waals surface area contributed by atoms with Gasteiger partial charge in [0, 0.05) is 18.8 Å². The summed E-state index contributed by atoms with van der Waals surface area (Å²) in [6.07, 6.45) is 3.97. The van der Waals surface area contributed by atoms with E-state index in [1.54, 1.807) is 0 Å². The highest BCUT2D eigenvalue weighted by Crippen LogP contribution is 2.20. The number of nitrogens with one attached hydrogen (secondary N) is 1. The number of anilines is 1. The summed E-state index contributed by atoms with van der Waals surface area (Å²) in [5, 5.41) is 2.92. The Morgan fingerprint density at radius 2 is 1.26 bits per heavy atom. The molecule has 1 N–H and O–H groups in total. The third kappa shape index (κ3) is 6.01. The Kier molecular flexibility index (Phi) is 7.57. The largest absolute Gasteiger partial charge is 0.341 e. The predicted octanol–water partition coefficient (Wildman–Crippen LogP) is 6.67. The minimum absolute atomic E-state index is 0.104. The van der Waals surface area contributed by atoms with Gasteiger partial charge >= 0.3 is 0 Å². The zero-order valence-corrected chi connectivity index (χ0v) is 18.4. The number of nitrogens with zero attached hydrogens (tertiary/aromatic N) is 3. The quantitative estimate of drug-likeness (QED) is 0.265. The Balaban J connectivity index is 1.83. The Morgan fingerprint density at radius 3 is 1.85 bits per heavy atom. The van der Waals surface area contributed by atoms with Gasteiger partial charge in [-0.3, -0.25) is 0 Å². The number of hydrogen-bond acceptors (Lipinski definition) is 1. The van der Waals surface area contributed by atoms with Crippen LogP contribution in [-0.2, 0) is 0 Å². The summed E-state index contributed by atoms with van der Waals surface area (Å²) in [6, 6.07) is 14.5. The van der Waals surface area contributed by atoms with Crippen molar-refractivity contribution in [2.24, 2.45) is 9.98 Å². The monoisotopic (exact) mass is 468 g/mol. The van der Waals surface area contributed by atoms with Crippen LogP contribution in [0.4, 0.5) is 28.9 Å². The van der Waals surface area contributed by atoms with Crippen molar-refractivity contribution in [3.05, 3.63) is 95.6 Å². The lowest BCUT2D eigenvalue weighted by atomic mass is 10.1. The molecule has 3 aromatic carbocycles. The van der Waals surface area contributed by atoms with Gasteiger partial charge in [-0.2, -0.15) is 4.99 Å². The van der Waals surface area contributed by atoms with Crippen LogP contribution in [-0.4, -0.2) is 29.8 Å². The molecule has 4 rings (SSSR count). The van der Waals surface area contributed by atoms with Crippen molar-refractivity contribution in [1.29, 1.82) is 0 Å². The summed E-state index contributed by atoms with van der Waals surface area (Å²) in [4.78, 5) is 11.1. The number of halogens is 4. The predicted molar refractivity (Wildman–Crippen MR) is 126 cm³/mol. The van der Waals surface area contributed by atoms with Crippen LogP contribution >= 0.6 is 0 Å². The van der Waals surface area contributed by atoms with Gasteiger partial charge in [0.05, 0.1) is 11.3 Å². The zero-order chi connectivity index (χ0) is 23.9. The average Bonchev–Trinajstić information content (AvgIpc) is 3.11. The summed E-state index contributed by atoms with van der Waals surface area (Å²) in [6.45, 7) is 1.35. The topological polar surface area (TPSA) is 40.0 Å². The van der Waals surface area contributed by atoms with Crippen LogP contribution in [0.3, 0.4) is 0 Å². The Hall–Kier alpha value is -3.68. The Bertz CT molecular complexity index is 1150. The van der Waals surface area contributed by atoms with E-state index in [0.717, 1.165) is 37.8 Å². The molecule has 0 aromatic heterocycles. The van der Waals surface area contributed by atoms with Crippen molar-refractivity contribution in [2.75, 3.05) is 18.4 Å². The van der Waals surface area contributed by atoms with Gasteiger partial charge in [-0.1, -0.05) is 18.9 Å². The molecule has 0 saturated carbocycles. The van der Waals surface area contributed by atoms with Gasteiger partial charge in [-0.15, -0.1) is 0 Å². The van der Waals surface area contributed by atoms with E-state index < -0.39 is 23.3 Å². The van der Waals surface area contributed by atoms with E-state index in [9.17, 15) is 17.6 Å². The highest BCUT2D eigenvalue weighted by atomic mass is 19.1. The van der Waals surface area contributed by atoms with Crippen LogP contribution in [0.25, 0.3) is 0 Å². The highest BCUT2D eigenvalue weighted by Gasteiger charge is 2.20. The second-order valence-corrected chi connectivity index (χ2v) is 7.98. The molecule has 1 heterocycles. The first-order valence-corrected chi connectivity index (χ1v) is 11.1. The second-order valence-electron chi connectivity index (χ2n) is 7.98. The average molecular weight is 468 g/mol.